The number of amides is 1. The molecule has 0 fully saturated rings. The molecule has 0 saturated carbocycles. The molecule has 1 aromatic carbocycles. The second-order valence-electron chi connectivity index (χ2n) is 4.60. The topological polar surface area (TPSA) is 92.4 Å². The maximum absolute atomic E-state index is 11.8. The van der Waals surface area contributed by atoms with Crippen molar-refractivity contribution >= 4 is 35.2 Å². The van der Waals surface area contributed by atoms with Gasteiger partial charge in [0.1, 0.15) is 6.04 Å². The van der Waals surface area contributed by atoms with Crippen LogP contribution in [0.4, 0.5) is 0 Å². The van der Waals surface area contributed by atoms with Crippen LogP contribution in [-0.2, 0) is 9.59 Å². The highest BCUT2D eigenvalue weighted by Crippen LogP contribution is 2.22. The molecule has 21 heavy (non-hydrogen) atoms. The highest BCUT2D eigenvalue weighted by Gasteiger charge is 2.13. The number of thioether (sulfide) groups is 1. The molecule has 1 rings (SSSR count). The van der Waals surface area contributed by atoms with Crippen LogP contribution >= 0.6 is 23.4 Å². The zero-order valence-corrected chi connectivity index (χ0v) is 13.3. The van der Waals surface area contributed by atoms with Gasteiger partial charge in [-0.2, -0.15) is 11.8 Å². The van der Waals surface area contributed by atoms with Crippen molar-refractivity contribution in [2.45, 2.75) is 25.4 Å². The van der Waals surface area contributed by atoms with Gasteiger partial charge in [0.25, 0.3) is 0 Å². The van der Waals surface area contributed by atoms with Gasteiger partial charge in [0.15, 0.2) is 0 Å². The van der Waals surface area contributed by atoms with Crippen molar-refractivity contribution in [1.82, 2.24) is 5.32 Å². The van der Waals surface area contributed by atoms with Crippen LogP contribution in [0.15, 0.2) is 24.3 Å². The average molecular weight is 331 g/mol. The first kappa shape index (κ1) is 17.8. The molecule has 0 spiro atoms. The summed E-state index contributed by atoms with van der Waals surface area (Å²) in [7, 11) is 0. The molecule has 2 atom stereocenters. The highest BCUT2D eigenvalue weighted by molar-refractivity contribution is 7.99. The Hall–Kier alpha value is -1.24. The van der Waals surface area contributed by atoms with E-state index in [1.165, 1.54) is 11.8 Å². The number of carbonyl (C=O) groups excluding carboxylic acids is 1. The molecule has 1 amide bonds. The fourth-order valence-electron chi connectivity index (χ4n) is 1.69. The number of benzene rings is 1. The van der Waals surface area contributed by atoms with Crippen LogP contribution in [0.2, 0.25) is 5.02 Å². The Bertz CT molecular complexity index is 499. The lowest BCUT2D eigenvalue weighted by Gasteiger charge is -2.15. The molecule has 5 nitrogen and oxygen atoms in total. The Morgan fingerprint density at radius 1 is 1.43 bits per heavy atom. The number of aliphatic carboxylic acids is 1. The van der Waals surface area contributed by atoms with Crippen molar-refractivity contribution in [2.24, 2.45) is 5.73 Å². The summed E-state index contributed by atoms with van der Waals surface area (Å²) in [5.41, 5.74) is 6.24. The van der Waals surface area contributed by atoms with Gasteiger partial charge in [-0.3, -0.25) is 9.59 Å². The Balaban J connectivity index is 2.31. The third-order valence-electron chi connectivity index (χ3n) is 2.87. The Kier molecular flexibility index (Phi) is 7.56. The maximum atomic E-state index is 11.8. The molecule has 0 radical (unpaired) electrons. The van der Waals surface area contributed by atoms with Crippen molar-refractivity contribution in [3.05, 3.63) is 34.9 Å². The van der Waals surface area contributed by atoms with E-state index in [9.17, 15) is 9.59 Å². The summed E-state index contributed by atoms with van der Waals surface area (Å²) in [5.74, 6) is -0.341. The number of carboxylic acid groups (broad SMARTS) is 1. The number of hydrogen-bond donors (Lipinski definition) is 3. The molecule has 0 bridgehead atoms. The molecule has 7 heteroatoms. The number of rotatable bonds is 8. The second-order valence-corrected chi connectivity index (χ2v) is 6.11. The van der Waals surface area contributed by atoms with Crippen LogP contribution in [0.3, 0.4) is 0 Å². The molecule has 4 N–H and O–H groups in total. The van der Waals surface area contributed by atoms with E-state index in [2.05, 4.69) is 5.32 Å². The Morgan fingerprint density at radius 3 is 2.71 bits per heavy atom. The van der Waals surface area contributed by atoms with Gasteiger partial charge >= 0.3 is 5.97 Å². The predicted molar refractivity (Wildman–Crippen MR) is 85.6 cm³/mol. The van der Waals surface area contributed by atoms with E-state index >= 15 is 0 Å². The minimum absolute atomic E-state index is 0.115. The molecule has 1 aromatic rings. The van der Waals surface area contributed by atoms with Gasteiger partial charge in [0.2, 0.25) is 5.91 Å². The van der Waals surface area contributed by atoms with Crippen molar-refractivity contribution in [3.63, 3.8) is 0 Å². The van der Waals surface area contributed by atoms with Crippen LogP contribution in [-0.4, -0.2) is 34.5 Å². The van der Waals surface area contributed by atoms with Gasteiger partial charge in [-0.25, -0.2) is 0 Å². The van der Waals surface area contributed by atoms with Gasteiger partial charge in [-0.1, -0.05) is 29.8 Å². The second kappa shape index (κ2) is 8.92. The van der Waals surface area contributed by atoms with Crippen molar-refractivity contribution < 1.29 is 14.7 Å². The summed E-state index contributed by atoms with van der Waals surface area (Å²) in [5, 5.41) is 12.1. The summed E-state index contributed by atoms with van der Waals surface area (Å²) in [6, 6.07) is 6.30. The molecule has 2 unspecified atom stereocenters. The van der Waals surface area contributed by atoms with Crippen molar-refractivity contribution in [1.29, 1.82) is 0 Å². The minimum atomic E-state index is -1.02. The highest BCUT2D eigenvalue weighted by atomic mass is 35.5. The molecular weight excluding hydrogens is 312 g/mol. The fourth-order valence-corrected chi connectivity index (χ4v) is 2.82. The van der Waals surface area contributed by atoms with Crippen molar-refractivity contribution in [2.75, 3.05) is 11.5 Å². The normalized spacial score (nSPS) is 13.5. The van der Waals surface area contributed by atoms with Crippen LogP contribution in [0.5, 0.6) is 0 Å². The largest absolute Gasteiger partial charge is 0.480 e. The summed E-state index contributed by atoms with van der Waals surface area (Å²) in [6.45, 7) is 1.87. The zero-order valence-electron chi connectivity index (χ0n) is 11.7. The first-order valence-corrected chi connectivity index (χ1v) is 8.05. The SMILES string of the molecule is CC(NC(=O)CSCCC(N)C(=O)O)c1ccccc1Cl. The van der Waals surface area contributed by atoms with Crippen LogP contribution in [0, 0.1) is 0 Å². The number of halogens is 1. The summed E-state index contributed by atoms with van der Waals surface area (Å²) < 4.78 is 0. The average Bonchev–Trinajstić information content (AvgIpc) is 2.43. The van der Waals surface area contributed by atoms with E-state index in [-0.39, 0.29) is 17.7 Å². The summed E-state index contributed by atoms with van der Waals surface area (Å²) in [4.78, 5) is 22.3. The van der Waals surface area contributed by atoms with Crippen molar-refractivity contribution in [3.8, 4) is 0 Å². The number of carboxylic acids is 1. The zero-order chi connectivity index (χ0) is 15.8. The molecule has 0 saturated heterocycles. The van der Waals surface area contributed by atoms with Crippen LogP contribution < -0.4 is 11.1 Å². The third-order valence-corrected chi connectivity index (χ3v) is 4.21. The number of carbonyl (C=O) groups is 2. The van der Waals surface area contributed by atoms with E-state index in [1.807, 2.05) is 25.1 Å². The summed E-state index contributed by atoms with van der Waals surface area (Å²) >= 11 is 7.43. The van der Waals surface area contributed by atoms with E-state index in [4.69, 9.17) is 22.4 Å². The molecule has 0 aromatic heterocycles. The van der Waals surface area contributed by atoms with E-state index in [1.54, 1.807) is 6.07 Å². The molecule has 116 valence electrons. The van der Waals surface area contributed by atoms with Crippen LogP contribution in [0.1, 0.15) is 24.9 Å². The number of hydrogen-bond acceptors (Lipinski definition) is 4. The number of nitrogens with two attached hydrogens (primary N) is 1. The lowest BCUT2D eigenvalue weighted by atomic mass is 10.1. The minimum Gasteiger partial charge on any atom is -0.480 e. The standard InChI is InChI=1S/C14H19ClN2O3S/c1-9(10-4-2-3-5-11(10)15)17-13(18)8-21-7-6-12(16)14(19)20/h2-5,9,12H,6-8,16H2,1H3,(H,17,18)(H,19,20). The summed E-state index contributed by atoms with van der Waals surface area (Å²) in [6.07, 6.45) is 0.341. The number of nitrogens with one attached hydrogen (secondary N) is 1. The Labute approximate surface area is 133 Å². The third kappa shape index (κ3) is 6.37. The Morgan fingerprint density at radius 2 is 2.10 bits per heavy atom. The van der Waals surface area contributed by atoms with E-state index in [0.717, 1.165) is 5.56 Å². The molecule has 0 heterocycles. The first-order valence-electron chi connectivity index (χ1n) is 6.51. The maximum Gasteiger partial charge on any atom is 0.320 e. The van der Waals surface area contributed by atoms with Gasteiger partial charge in [-0.15, -0.1) is 0 Å². The molecule has 0 aliphatic carbocycles. The van der Waals surface area contributed by atoms with E-state index in [0.29, 0.717) is 17.2 Å². The van der Waals surface area contributed by atoms with Gasteiger partial charge < -0.3 is 16.2 Å². The molecule has 0 aliphatic rings. The van der Waals surface area contributed by atoms with E-state index < -0.39 is 12.0 Å². The lowest BCUT2D eigenvalue weighted by Crippen LogP contribution is -2.31. The fraction of sp³-hybridized carbons (Fsp3) is 0.429. The van der Waals surface area contributed by atoms with Gasteiger partial charge in [0, 0.05) is 5.02 Å². The predicted octanol–water partition coefficient (Wildman–Crippen LogP) is 2.05. The molecular formula is C14H19ClN2O3S. The van der Waals surface area contributed by atoms with Crippen LogP contribution in [0.25, 0.3) is 0 Å². The lowest BCUT2D eigenvalue weighted by molar-refractivity contribution is -0.138. The molecule has 0 aliphatic heterocycles. The van der Waals surface area contributed by atoms with Gasteiger partial charge in [-0.05, 0) is 30.7 Å². The first-order chi connectivity index (χ1) is 9.91. The smallest absolute Gasteiger partial charge is 0.320 e. The van der Waals surface area contributed by atoms with Gasteiger partial charge in [0.05, 0.1) is 11.8 Å². The quantitative estimate of drug-likeness (QED) is 0.634. The monoisotopic (exact) mass is 330 g/mol.